The van der Waals surface area contributed by atoms with E-state index in [0.717, 1.165) is 0 Å². The van der Waals surface area contributed by atoms with Crippen LogP contribution in [0.4, 0.5) is 37.7 Å². The van der Waals surface area contributed by atoms with Crippen molar-refractivity contribution in [2.45, 2.75) is 33.6 Å². The molecule has 2 aromatic carbocycles. The van der Waals surface area contributed by atoms with Crippen molar-refractivity contribution in [1.29, 1.82) is 0 Å². The fourth-order valence-electron chi connectivity index (χ4n) is 4.08. The van der Waals surface area contributed by atoms with Crippen molar-refractivity contribution in [2.24, 2.45) is 16.1 Å². The lowest BCUT2D eigenvalue weighted by atomic mass is 9.78. The summed E-state index contributed by atoms with van der Waals surface area (Å²) >= 11 is 0. The van der Waals surface area contributed by atoms with Crippen molar-refractivity contribution in [3.63, 3.8) is 0 Å². The Morgan fingerprint density at radius 1 is 0.722 bits per heavy atom. The summed E-state index contributed by atoms with van der Waals surface area (Å²) < 4.78 is 87.3. The molecule has 0 heterocycles. The van der Waals surface area contributed by atoms with Gasteiger partial charge in [0.15, 0.2) is 23.3 Å². The van der Waals surface area contributed by atoms with E-state index in [1.807, 2.05) is 0 Å². The minimum Gasteiger partial charge on any atom is -0.206 e. The van der Waals surface area contributed by atoms with Gasteiger partial charge in [0.1, 0.15) is 23.0 Å². The van der Waals surface area contributed by atoms with Gasteiger partial charge < -0.3 is 0 Å². The fourth-order valence-corrected chi connectivity index (χ4v) is 4.08. The molecule has 0 amide bonds. The summed E-state index contributed by atoms with van der Waals surface area (Å²) in [6.07, 6.45) is 3.02. The highest BCUT2D eigenvalue weighted by Gasteiger charge is 2.27. The Kier molecular flexibility index (Phi) is 7.52. The molecular formula is C24H18F6N6. The zero-order valence-corrected chi connectivity index (χ0v) is 19.3. The molecule has 1 aliphatic carbocycles. The first-order valence-electron chi connectivity index (χ1n) is 10.5. The van der Waals surface area contributed by atoms with E-state index < -0.39 is 57.4 Å². The number of rotatable bonds is 4. The van der Waals surface area contributed by atoms with E-state index in [9.17, 15) is 26.3 Å². The Labute approximate surface area is 201 Å². The maximum Gasteiger partial charge on any atom is 0.172 e. The van der Waals surface area contributed by atoms with Gasteiger partial charge in [0.25, 0.3) is 0 Å². The highest BCUT2D eigenvalue weighted by atomic mass is 19.2. The van der Waals surface area contributed by atoms with Gasteiger partial charge >= 0.3 is 0 Å². The quantitative estimate of drug-likeness (QED) is 0.130. The molecule has 0 aromatic heterocycles. The van der Waals surface area contributed by atoms with Crippen LogP contribution in [0.5, 0.6) is 0 Å². The highest BCUT2D eigenvalue weighted by molar-refractivity contribution is 5.72. The Balaban J connectivity index is 2.18. The van der Waals surface area contributed by atoms with Crippen molar-refractivity contribution < 1.29 is 26.3 Å². The Bertz CT molecular complexity index is 1300. The zero-order valence-electron chi connectivity index (χ0n) is 19.3. The molecule has 2 aromatic rings. The maximum absolute atomic E-state index is 14.8. The van der Waals surface area contributed by atoms with E-state index in [-0.39, 0.29) is 22.6 Å². The van der Waals surface area contributed by atoms with Gasteiger partial charge in [-0.3, -0.25) is 0 Å². The smallest absolute Gasteiger partial charge is 0.172 e. The van der Waals surface area contributed by atoms with E-state index in [1.165, 1.54) is 26.0 Å². The molecule has 3 rings (SSSR count). The number of hydrogen-bond donors (Lipinski definition) is 0. The molecule has 12 heteroatoms. The zero-order chi connectivity index (χ0) is 26.9. The van der Waals surface area contributed by atoms with Gasteiger partial charge in [-0.05, 0) is 83.7 Å². The second kappa shape index (κ2) is 10.2. The van der Waals surface area contributed by atoms with Gasteiger partial charge in [-0.1, -0.05) is 23.7 Å². The van der Waals surface area contributed by atoms with Crippen LogP contribution in [0, 0.1) is 54.7 Å². The van der Waals surface area contributed by atoms with Gasteiger partial charge in [0, 0.05) is 21.0 Å². The molecule has 0 aliphatic heterocycles. The topological polar surface area (TPSA) is 97.5 Å². The molecule has 0 saturated heterocycles. The first-order valence-corrected chi connectivity index (χ1v) is 10.5. The number of hydrogen-bond acceptors (Lipinski definition) is 2. The monoisotopic (exact) mass is 504 g/mol. The fraction of sp³-hybridized carbons (Fsp3) is 0.250. The normalized spacial score (nSPS) is 17.8. The Hall–Kier alpha value is -4.14. The predicted molar refractivity (Wildman–Crippen MR) is 123 cm³/mol. The summed E-state index contributed by atoms with van der Waals surface area (Å²) in [5, 5.41) is 5.74. The van der Waals surface area contributed by atoms with Crippen LogP contribution in [-0.4, -0.2) is 0 Å². The molecule has 0 N–H and O–H groups in total. The summed E-state index contributed by atoms with van der Waals surface area (Å²) in [5.41, 5.74) is 14.3. The molecule has 0 bridgehead atoms. The van der Waals surface area contributed by atoms with Crippen LogP contribution in [0.1, 0.15) is 42.0 Å². The van der Waals surface area contributed by atoms with Crippen LogP contribution in [-0.2, 0) is 0 Å². The standard InChI is InChI=1S/C24H18F6N6/c1-9-5-13(7-15-11(3)17(25)23(33-35-31)21(29)19(15)27)10(2)14(6-9)8-16-12(4)18(26)24(34-36-32)22(30)20(16)28/h7-9H,2,5-6H2,1,3-4H3/b13-7+,14-8+. The summed E-state index contributed by atoms with van der Waals surface area (Å²) in [5.74, 6) is -8.76. The van der Waals surface area contributed by atoms with Crippen LogP contribution in [0.15, 0.2) is 33.5 Å². The van der Waals surface area contributed by atoms with Gasteiger partial charge in [-0.2, -0.15) is 0 Å². The highest BCUT2D eigenvalue weighted by Crippen LogP contribution is 2.41. The summed E-state index contributed by atoms with van der Waals surface area (Å²) in [6, 6.07) is 0. The molecule has 6 nitrogen and oxygen atoms in total. The molecular weight excluding hydrogens is 486 g/mol. The number of benzene rings is 2. The number of azide groups is 2. The number of nitrogens with zero attached hydrogens (tertiary/aromatic N) is 6. The average Bonchev–Trinajstić information content (AvgIpc) is 2.84. The predicted octanol–water partition coefficient (Wildman–Crippen LogP) is 9.47. The third kappa shape index (κ3) is 4.56. The Morgan fingerprint density at radius 2 is 1.08 bits per heavy atom. The lowest BCUT2D eigenvalue weighted by Crippen LogP contribution is -2.11. The molecule has 0 spiro atoms. The van der Waals surface area contributed by atoms with Gasteiger partial charge in [0.05, 0.1) is 0 Å². The van der Waals surface area contributed by atoms with Crippen molar-refractivity contribution in [3.8, 4) is 0 Å². The van der Waals surface area contributed by atoms with E-state index in [4.69, 9.17) is 11.1 Å². The van der Waals surface area contributed by atoms with Crippen molar-refractivity contribution in [2.75, 3.05) is 0 Å². The lowest BCUT2D eigenvalue weighted by Gasteiger charge is -2.27. The summed E-state index contributed by atoms with van der Waals surface area (Å²) in [6.45, 7) is 8.09. The van der Waals surface area contributed by atoms with Gasteiger partial charge in [-0.15, -0.1) is 0 Å². The SMILES string of the molecule is C=C1/C(=C/c2c(C)c(F)c(N=[N+]=[N-])c(F)c2F)CC(C)C/C1=C\c1c(C)c(F)c(N=[N+]=[N-])c(F)c1F. The number of halogens is 6. The van der Waals surface area contributed by atoms with Crippen molar-refractivity contribution in [1.82, 2.24) is 0 Å². The molecule has 0 radical (unpaired) electrons. The first-order chi connectivity index (χ1) is 16.9. The van der Waals surface area contributed by atoms with Crippen molar-refractivity contribution >= 4 is 23.5 Å². The van der Waals surface area contributed by atoms with Crippen LogP contribution >= 0.6 is 0 Å². The van der Waals surface area contributed by atoms with Gasteiger partial charge in [0.2, 0.25) is 0 Å². The average molecular weight is 504 g/mol. The van der Waals surface area contributed by atoms with Crippen molar-refractivity contribution in [3.05, 3.63) is 101 Å². The van der Waals surface area contributed by atoms with Crippen LogP contribution in [0.25, 0.3) is 33.0 Å². The maximum atomic E-state index is 14.8. The third-order valence-electron chi connectivity index (χ3n) is 6.00. The largest absolute Gasteiger partial charge is 0.206 e. The van der Waals surface area contributed by atoms with Crippen LogP contribution in [0.2, 0.25) is 0 Å². The summed E-state index contributed by atoms with van der Waals surface area (Å²) in [4.78, 5) is 4.61. The molecule has 186 valence electrons. The summed E-state index contributed by atoms with van der Waals surface area (Å²) in [7, 11) is 0. The third-order valence-corrected chi connectivity index (χ3v) is 6.00. The molecule has 1 saturated carbocycles. The van der Waals surface area contributed by atoms with Gasteiger partial charge in [-0.25, -0.2) is 26.3 Å². The molecule has 1 aliphatic rings. The molecule has 0 atom stereocenters. The van der Waals surface area contributed by atoms with E-state index in [2.05, 4.69) is 26.6 Å². The number of allylic oxidation sites excluding steroid dienone is 3. The minimum atomic E-state index is -1.66. The lowest BCUT2D eigenvalue weighted by molar-refractivity contribution is 0.492. The van der Waals surface area contributed by atoms with E-state index in [0.29, 0.717) is 24.0 Å². The van der Waals surface area contributed by atoms with E-state index >= 15 is 0 Å². The van der Waals surface area contributed by atoms with Crippen LogP contribution < -0.4 is 0 Å². The minimum absolute atomic E-state index is 0.131. The second-order valence-corrected chi connectivity index (χ2v) is 8.37. The van der Waals surface area contributed by atoms with Crippen LogP contribution in [0.3, 0.4) is 0 Å². The molecule has 0 unspecified atom stereocenters. The second-order valence-electron chi connectivity index (χ2n) is 8.37. The molecule has 36 heavy (non-hydrogen) atoms. The Morgan fingerprint density at radius 3 is 1.42 bits per heavy atom. The first kappa shape index (κ1) is 26.5. The van der Waals surface area contributed by atoms with E-state index in [1.54, 1.807) is 6.92 Å². The molecule has 1 fully saturated rings.